The molecule has 0 aliphatic carbocycles. The van der Waals surface area contributed by atoms with Gasteiger partial charge in [-0.15, -0.1) is 24.0 Å². The number of hydrogen-bond acceptors (Lipinski definition) is 3. The minimum absolute atomic E-state index is 0. The van der Waals surface area contributed by atoms with E-state index in [-0.39, 0.29) is 29.6 Å². The van der Waals surface area contributed by atoms with E-state index in [1.165, 1.54) is 6.42 Å². The zero-order valence-corrected chi connectivity index (χ0v) is 21.2. The van der Waals surface area contributed by atoms with Gasteiger partial charge in [0.25, 0.3) is 0 Å². The molecule has 2 N–H and O–H groups in total. The molecule has 0 radical (unpaired) electrons. The van der Waals surface area contributed by atoms with E-state index < -0.39 is 0 Å². The number of para-hydroxylation sites is 1. The Bertz CT molecular complexity index is 568. The molecular formula is C22H41IN4O. The normalized spacial score (nSPS) is 13.1. The highest BCUT2D eigenvalue weighted by Gasteiger charge is 2.14. The number of nitrogens with zero attached hydrogens (tertiary/aromatic N) is 2. The predicted molar refractivity (Wildman–Crippen MR) is 132 cm³/mol. The van der Waals surface area contributed by atoms with E-state index >= 15 is 0 Å². The molecule has 0 aliphatic rings. The molecule has 6 heteroatoms. The van der Waals surface area contributed by atoms with Gasteiger partial charge in [0, 0.05) is 25.2 Å². The van der Waals surface area contributed by atoms with Gasteiger partial charge in [0.1, 0.15) is 11.4 Å². The molecule has 162 valence electrons. The number of rotatable bonds is 10. The van der Waals surface area contributed by atoms with Gasteiger partial charge in [-0.2, -0.15) is 0 Å². The van der Waals surface area contributed by atoms with E-state index in [1.54, 1.807) is 0 Å². The van der Waals surface area contributed by atoms with Gasteiger partial charge in [0.2, 0.25) is 0 Å². The first-order valence-corrected chi connectivity index (χ1v) is 10.3. The Balaban J connectivity index is 0.00000729. The van der Waals surface area contributed by atoms with Crippen LogP contribution in [0.1, 0.15) is 59.9 Å². The number of guanidine groups is 1. The molecule has 1 atom stereocenters. The number of halogens is 1. The molecule has 0 heterocycles. The summed E-state index contributed by atoms with van der Waals surface area (Å²) in [5.74, 6) is 1.75. The van der Waals surface area contributed by atoms with Crippen LogP contribution in [0.3, 0.4) is 0 Å². The third-order valence-electron chi connectivity index (χ3n) is 4.45. The summed E-state index contributed by atoms with van der Waals surface area (Å²) in [6, 6.07) is 8.55. The summed E-state index contributed by atoms with van der Waals surface area (Å²) in [4.78, 5) is 6.83. The molecule has 0 amide bonds. The van der Waals surface area contributed by atoms with Crippen LogP contribution in [-0.2, 0) is 6.54 Å². The maximum atomic E-state index is 6.07. The Morgan fingerprint density at radius 3 is 2.39 bits per heavy atom. The molecule has 0 fully saturated rings. The molecule has 0 aromatic heterocycles. The quantitative estimate of drug-likeness (QED) is 0.277. The Morgan fingerprint density at radius 1 is 1.18 bits per heavy atom. The zero-order valence-electron chi connectivity index (χ0n) is 18.8. The fourth-order valence-corrected chi connectivity index (χ4v) is 2.92. The van der Waals surface area contributed by atoms with Crippen LogP contribution in [0.25, 0.3) is 0 Å². The van der Waals surface area contributed by atoms with Crippen molar-refractivity contribution in [1.29, 1.82) is 0 Å². The topological polar surface area (TPSA) is 48.9 Å². The molecule has 1 aromatic carbocycles. The molecule has 0 bridgehead atoms. The Hall–Kier alpha value is -1.02. The van der Waals surface area contributed by atoms with Crippen LogP contribution in [0.5, 0.6) is 5.75 Å². The van der Waals surface area contributed by atoms with Gasteiger partial charge in [0.05, 0.1) is 0 Å². The molecule has 1 rings (SSSR count). The Labute approximate surface area is 189 Å². The molecule has 1 aromatic rings. The van der Waals surface area contributed by atoms with Crippen molar-refractivity contribution in [3.05, 3.63) is 29.8 Å². The Morgan fingerprint density at radius 2 is 1.82 bits per heavy atom. The average Bonchev–Trinajstić information content (AvgIpc) is 2.62. The minimum Gasteiger partial charge on any atom is -0.488 e. The lowest BCUT2D eigenvalue weighted by Gasteiger charge is -2.24. The van der Waals surface area contributed by atoms with E-state index in [1.807, 2.05) is 25.2 Å². The van der Waals surface area contributed by atoms with Crippen molar-refractivity contribution < 1.29 is 4.74 Å². The highest BCUT2D eigenvalue weighted by Crippen LogP contribution is 2.22. The van der Waals surface area contributed by atoms with Crippen LogP contribution in [0.15, 0.2) is 29.3 Å². The number of nitrogens with one attached hydrogen (secondary N) is 2. The summed E-state index contributed by atoms with van der Waals surface area (Å²) < 4.78 is 6.07. The maximum Gasteiger partial charge on any atom is 0.191 e. The SMILES string of the molecule is CCN(CC)CCCC(C)NC(=NC)NCc1ccccc1OC(C)(C)C.I. The molecule has 0 saturated carbocycles. The van der Waals surface area contributed by atoms with Gasteiger partial charge in [-0.3, -0.25) is 4.99 Å². The molecule has 1 unspecified atom stereocenters. The zero-order chi connectivity index (χ0) is 20.3. The van der Waals surface area contributed by atoms with E-state index in [0.717, 1.165) is 43.3 Å². The van der Waals surface area contributed by atoms with E-state index in [9.17, 15) is 0 Å². The predicted octanol–water partition coefficient (Wildman–Crippen LogP) is 4.66. The largest absolute Gasteiger partial charge is 0.488 e. The van der Waals surface area contributed by atoms with Crippen LogP contribution in [0, 0.1) is 0 Å². The molecule has 0 saturated heterocycles. The van der Waals surface area contributed by atoms with Gasteiger partial charge in [-0.1, -0.05) is 32.0 Å². The summed E-state index contributed by atoms with van der Waals surface area (Å²) in [5, 5.41) is 6.91. The highest BCUT2D eigenvalue weighted by molar-refractivity contribution is 14.0. The second-order valence-corrected chi connectivity index (χ2v) is 7.96. The van der Waals surface area contributed by atoms with Gasteiger partial charge in [0.15, 0.2) is 5.96 Å². The molecule has 5 nitrogen and oxygen atoms in total. The lowest BCUT2D eigenvalue weighted by atomic mass is 10.1. The first kappa shape index (κ1) is 27.0. The summed E-state index contributed by atoms with van der Waals surface area (Å²) in [6.07, 6.45) is 2.32. The average molecular weight is 505 g/mol. The highest BCUT2D eigenvalue weighted by atomic mass is 127. The van der Waals surface area contributed by atoms with Crippen LogP contribution >= 0.6 is 24.0 Å². The summed E-state index contributed by atoms with van der Waals surface area (Å²) >= 11 is 0. The lowest BCUT2D eigenvalue weighted by molar-refractivity contribution is 0.129. The summed E-state index contributed by atoms with van der Waals surface area (Å²) in [6.45, 7) is 16.9. The van der Waals surface area contributed by atoms with Gasteiger partial charge >= 0.3 is 0 Å². The van der Waals surface area contributed by atoms with Crippen molar-refractivity contribution in [2.45, 2.75) is 72.6 Å². The molecule has 0 spiro atoms. The number of aliphatic imine (C=N–C) groups is 1. The third kappa shape index (κ3) is 11.1. The van der Waals surface area contributed by atoms with E-state index in [4.69, 9.17) is 4.74 Å². The van der Waals surface area contributed by atoms with Crippen molar-refractivity contribution >= 4 is 29.9 Å². The molecule has 28 heavy (non-hydrogen) atoms. The van der Waals surface area contributed by atoms with Crippen molar-refractivity contribution in [3.8, 4) is 5.75 Å². The second kappa shape index (κ2) is 14.0. The van der Waals surface area contributed by atoms with Crippen molar-refractivity contribution in [2.75, 3.05) is 26.7 Å². The van der Waals surface area contributed by atoms with E-state index in [0.29, 0.717) is 12.6 Å². The van der Waals surface area contributed by atoms with Crippen molar-refractivity contribution in [1.82, 2.24) is 15.5 Å². The van der Waals surface area contributed by atoms with Crippen LogP contribution in [0.2, 0.25) is 0 Å². The van der Waals surface area contributed by atoms with Crippen LogP contribution < -0.4 is 15.4 Å². The molecular weight excluding hydrogens is 463 g/mol. The number of benzene rings is 1. The standard InChI is InChI=1S/C22H40N4O.HI/c1-8-26(9-2)16-12-13-18(3)25-21(23-7)24-17-19-14-10-11-15-20(19)27-22(4,5)6;/h10-11,14-15,18H,8-9,12-13,16-17H2,1-7H3,(H2,23,24,25);1H. The fraction of sp³-hybridized carbons (Fsp3) is 0.682. The third-order valence-corrected chi connectivity index (χ3v) is 4.45. The number of ether oxygens (including phenoxy) is 1. The maximum absolute atomic E-state index is 6.07. The molecule has 0 aliphatic heterocycles. The Kier molecular flexibility index (Phi) is 13.5. The summed E-state index contributed by atoms with van der Waals surface area (Å²) in [5.41, 5.74) is 0.916. The van der Waals surface area contributed by atoms with Gasteiger partial charge < -0.3 is 20.3 Å². The minimum atomic E-state index is -0.213. The van der Waals surface area contributed by atoms with Gasteiger partial charge in [-0.05, 0) is 66.2 Å². The van der Waals surface area contributed by atoms with Crippen LogP contribution in [0.4, 0.5) is 0 Å². The monoisotopic (exact) mass is 504 g/mol. The fourth-order valence-electron chi connectivity index (χ4n) is 2.92. The first-order chi connectivity index (χ1) is 12.8. The van der Waals surface area contributed by atoms with Gasteiger partial charge in [-0.25, -0.2) is 0 Å². The lowest BCUT2D eigenvalue weighted by Crippen LogP contribution is -2.42. The number of hydrogen-bond donors (Lipinski definition) is 2. The van der Waals surface area contributed by atoms with Crippen LogP contribution in [-0.4, -0.2) is 49.2 Å². The summed E-state index contributed by atoms with van der Waals surface area (Å²) in [7, 11) is 1.81. The second-order valence-electron chi connectivity index (χ2n) is 7.96. The first-order valence-electron chi connectivity index (χ1n) is 10.3. The van der Waals surface area contributed by atoms with E-state index in [2.05, 4.69) is 68.1 Å². The van der Waals surface area contributed by atoms with Crippen molar-refractivity contribution in [2.24, 2.45) is 4.99 Å². The smallest absolute Gasteiger partial charge is 0.191 e. The van der Waals surface area contributed by atoms with Crippen molar-refractivity contribution in [3.63, 3.8) is 0 Å².